The third-order valence-corrected chi connectivity index (χ3v) is 2.46. The molecule has 0 radical (unpaired) electrons. The molecule has 0 aromatic heterocycles. The first kappa shape index (κ1) is 10.5. The van der Waals surface area contributed by atoms with Crippen molar-refractivity contribution >= 4 is 17.7 Å². The van der Waals surface area contributed by atoms with Crippen LogP contribution in [0.15, 0.2) is 24.3 Å². The van der Waals surface area contributed by atoms with Crippen LogP contribution in [0.3, 0.4) is 0 Å². The van der Waals surface area contributed by atoms with Gasteiger partial charge in [0.15, 0.2) is 0 Å². The maximum atomic E-state index is 11.4. The fourth-order valence-corrected chi connectivity index (χ4v) is 1.66. The van der Waals surface area contributed by atoms with Crippen molar-refractivity contribution in [1.29, 1.82) is 0 Å². The van der Waals surface area contributed by atoms with Gasteiger partial charge < -0.3 is 9.84 Å². The Bertz CT molecular complexity index is 443. The van der Waals surface area contributed by atoms with Crippen molar-refractivity contribution in [2.24, 2.45) is 0 Å². The van der Waals surface area contributed by atoms with E-state index in [1.54, 1.807) is 12.1 Å². The molecule has 1 aliphatic heterocycles. The molecule has 1 aliphatic rings. The van der Waals surface area contributed by atoms with Gasteiger partial charge in [-0.25, -0.2) is 9.59 Å². The van der Waals surface area contributed by atoms with Crippen LogP contribution in [-0.4, -0.2) is 29.8 Å². The molecular formula is C11H11NO4. The molecule has 1 amide bonds. The number of hydrogen-bond acceptors (Lipinski definition) is 3. The molecular weight excluding hydrogens is 210 g/mol. The molecule has 1 N–H and O–H groups in total. The third kappa shape index (κ3) is 1.71. The summed E-state index contributed by atoms with van der Waals surface area (Å²) in [6.45, 7) is 2.18. The summed E-state index contributed by atoms with van der Waals surface area (Å²) in [5.74, 6) is -1.01. The Morgan fingerprint density at radius 1 is 1.56 bits per heavy atom. The Balaban J connectivity index is 2.36. The normalized spacial score (nSPS) is 19.7. The Hall–Kier alpha value is -2.04. The summed E-state index contributed by atoms with van der Waals surface area (Å²) >= 11 is 0. The van der Waals surface area contributed by atoms with Crippen LogP contribution in [0.5, 0.6) is 0 Å². The van der Waals surface area contributed by atoms with E-state index in [0.717, 1.165) is 0 Å². The van der Waals surface area contributed by atoms with Crippen LogP contribution in [0.4, 0.5) is 10.5 Å². The van der Waals surface area contributed by atoms with Gasteiger partial charge in [-0.3, -0.25) is 4.90 Å². The maximum absolute atomic E-state index is 11.4. The highest BCUT2D eigenvalue weighted by Crippen LogP contribution is 2.23. The lowest BCUT2D eigenvalue weighted by Gasteiger charge is -2.18. The minimum Gasteiger partial charge on any atom is -0.478 e. The van der Waals surface area contributed by atoms with Crippen molar-refractivity contribution in [2.75, 3.05) is 11.5 Å². The first-order chi connectivity index (χ1) is 7.59. The number of rotatable bonds is 2. The van der Waals surface area contributed by atoms with Gasteiger partial charge in [-0.2, -0.15) is 0 Å². The number of cyclic esters (lactones) is 1. The zero-order chi connectivity index (χ0) is 11.7. The lowest BCUT2D eigenvalue weighted by molar-refractivity contribution is 0.0697. The van der Waals surface area contributed by atoms with E-state index >= 15 is 0 Å². The highest BCUT2D eigenvalue weighted by atomic mass is 16.6. The number of amides is 1. The number of nitrogens with zero attached hydrogens (tertiary/aromatic N) is 1. The average Bonchev–Trinajstić information content (AvgIpc) is 2.59. The molecule has 1 fully saturated rings. The summed E-state index contributed by atoms with van der Waals surface area (Å²) < 4.78 is 4.87. The van der Waals surface area contributed by atoms with Gasteiger partial charge in [-0.15, -0.1) is 0 Å². The van der Waals surface area contributed by atoms with Crippen LogP contribution in [0.1, 0.15) is 17.3 Å². The van der Waals surface area contributed by atoms with Gasteiger partial charge in [0.05, 0.1) is 11.6 Å². The smallest absolute Gasteiger partial charge is 0.414 e. The van der Waals surface area contributed by atoms with Crippen molar-refractivity contribution in [2.45, 2.75) is 13.0 Å². The summed E-state index contributed by atoms with van der Waals surface area (Å²) in [7, 11) is 0. The minimum absolute atomic E-state index is 0.0726. The zero-order valence-electron chi connectivity index (χ0n) is 8.71. The molecule has 5 heteroatoms. The van der Waals surface area contributed by atoms with Gasteiger partial charge in [0.25, 0.3) is 0 Å². The van der Waals surface area contributed by atoms with Crippen LogP contribution in [-0.2, 0) is 4.74 Å². The summed E-state index contributed by atoms with van der Waals surface area (Å²) in [4.78, 5) is 23.7. The number of carbonyl (C=O) groups excluding carboxylic acids is 1. The lowest BCUT2D eigenvalue weighted by atomic mass is 10.2. The predicted molar refractivity (Wildman–Crippen MR) is 56.7 cm³/mol. The van der Waals surface area contributed by atoms with Crippen LogP contribution < -0.4 is 4.90 Å². The lowest BCUT2D eigenvalue weighted by Crippen LogP contribution is -2.30. The van der Waals surface area contributed by atoms with Crippen LogP contribution in [0.25, 0.3) is 0 Å². The SMILES string of the molecule is CC1COC(=O)N1c1cccc(C(=O)O)c1. The number of anilines is 1. The number of aromatic carboxylic acids is 1. The van der Waals surface area contributed by atoms with Gasteiger partial charge >= 0.3 is 12.1 Å². The van der Waals surface area contributed by atoms with E-state index in [0.29, 0.717) is 12.3 Å². The third-order valence-electron chi connectivity index (χ3n) is 2.46. The number of hydrogen-bond donors (Lipinski definition) is 1. The molecule has 0 spiro atoms. The molecule has 5 nitrogen and oxygen atoms in total. The summed E-state index contributed by atoms with van der Waals surface area (Å²) in [5.41, 5.74) is 0.708. The standard InChI is InChI=1S/C11H11NO4/c1-7-6-16-11(15)12(7)9-4-2-3-8(5-9)10(13)14/h2-5,7H,6H2,1H3,(H,13,14). The molecule has 2 rings (SSSR count). The van der Waals surface area contributed by atoms with Gasteiger partial charge in [0, 0.05) is 5.69 Å². The maximum Gasteiger partial charge on any atom is 0.414 e. The van der Waals surface area contributed by atoms with E-state index in [9.17, 15) is 9.59 Å². The van der Waals surface area contributed by atoms with Crippen molar-refractivity contribution < 1.29 is 19.4 Å². The second kappa shape index (κ2) is 3.84. The first-order valence-corrected chi connectivity index (χ1v) is 4.89. The van der Waals surface area contributed by atoms with Crippen molar-refractivity contribution in [3.63, 3.8) is 0 Å². The molecule has 0 bridgehead atoms. The highest BCUT2D eigenvalue weighted by molar-refractivity contribution is 5.93. The van der Waals surface area contributed by atoms with Gasteiger partial charge in [-0.05, 0) is 25.1 Å². The second-order valence-electron chi connectivity index (χ2n) is 3.65. The monoisotopic (exact) mass is 221 g/mol. The Kier molecular flexibility index (Phi) is 2.52. The van der Waals surface area contributed by atoms with Gasteiger partial charge in [0.1, 0.15) is 6.61 Å². The average molecular weight is 221 g/mol. The van der Waals surface area contributed by atoms with E-state index in [1.807, 2.05) is 6.92 Å². The number of carboxylic acid groups (broad SMARTS) is 1. The molecule has 1 saturated heterocycles. The molecule has 1 unspecified atom stereocenters. The predicted octanol–water partition coefficient (Wildman–Crippen LogP) is 1.73. The minimum atomic E-state index is -1.01. The molecule has 16 heavy (non-hydrogen) atoms. The Morgan fingerprint density at radius 3 is 2.88 bits per heavy atom. The van der Waals surface area contributed by atoms with Crippen LogP contribution >= 0.6 is 0 Å². The Morgan fingerprint density at radius 2 is 2.31 bits per heavy atom. The molecule has 0 saturated carbocycles. The van der Waals surface area contributed by atoms with E-state index in [2.05, 4.69) is 0 Å². The molecule has 1 aromatic carbocycles. The summed E-state index contributed by atoms with van der Waals surface area (Å²) in [5, 5.41) is 8.85. The number of carbonyl (C=O) groups is 2. The van der Waals surface area contributed by atoms with E-state index < -0.39 is 12.1 Å². The highest BCUT2D eigenvalue weighted by Gasteiger charge is 2.31. The topological polar surface area (TPSA) is 66.8 Å². The Labute approximate surface area is 92.2 Å². The largest absolute Gasteiger partial charge is 0.478 e. The van der Waals surface area contributed by atoms with E-state index in [-0.39, 0.29) is 11.6 Å². The zero-order valence-corrected chi connectivity index (χ0v) is 8.71. The van der Waals surface area contributed by atoms with Crippen molar-refractivity contribution in [3.05, 3.63) is 29.8 Å². The molecule has 1 heterocycles. The second-order valence-corrected chi connectivity index (χ2v) is 3.65. The van der Waals surface area contributed by atoms with E-state index in [4.69, 9.17) is 9.84 Å². The summed E-state index contributed by atoms with van der Waals surface area (Å²) in [6, 6.07) is 6.17. The first-order valence-electron chi connectivity index (χ1n) is 4.89. The fraction of sp³-hybridized carbons (Fsp3) is 0.273. The number of benzene rings is 1. The number of carboxylic acids is 1. The van der Waals surface area contributed by atoms with Crippen LogP contribution in [0.2, 0.25) is 0 Å². The van der Waals surface area contributed by atoms with Crippen LogP contribution in [0, 0.1) is 0 Å². The molecule has 84 valence electrons. The van der Waals surface area contributed by atoms with E-state index in [1.165, 1.54) is 17.0 Å². The number of ether oxygens (including phenoxy) is 1. The van der Waals surface area contributed by atoms with Gasteiger partial charge in [0.2, 0.25) is 0 Å². The molecule has 0 aliphatic carbocycles. The quantitative estimate of drug-likeness (QED) is 0.825. The summed E-state index contributed by atoms with van der Waals surface area (Å²) in [6.07, 6.45) is -0.435. The van der Waals surface area contributed by atoms with Crippen molar-refractivity contribution in [3.8, 4) is 0 Å². The van der Waals surface area contributed by atoms with Gasteiger partial charge in [-0.1, -0.05) is 6.07 Å². The fourth-order valence-electron chi connectivity index (χ4n) is 1.66. The molecule has 1 atom stereocenters. The van der Waals surface area contributed by atoms with Crippen molar-refractivity contribution in [1.82, 2.24) is 0 Å². The molecule has 1 aromatic rings.